The van der Waals surface area contributed by atoms with Crippen LogP contribution in [0.25, 0.3) is 0 Å². The van der Waals surface area contributed by atoms with Gasteiger partial charge in [-0.05, 0) is 6.42 Å². The van der Waals surface area contributed by atoms with E-state index in [1.54, 1.807) is 0 Å². The largest absolute Gasteiger partial charge is 0.468 e. The first-order chi connectivity index (χ1) is 5.27. The number of esters is 1. The van der Waals surface area contributed by atoms with Crippen molar-refractivity contribution in [1.29, 1.82) is 5.26 Å². The van der Waals surface area contributed by atoms with Crippen molar-refractivity contribution in [3.05, 3.63) is 0 Å². The van der Waals surface area contributed by atoms with E-state index in [-0.39, 0.29) is 17.1 Å². The summed E-state index contributed by atoms with van der Waals surface area (Å²) in [5.41, 5.74) is 0. The van der Waals surface area contributed by atoms with E-state index in [2.05, 4.69) is 10.8 Å². The van der Waals surface area contributed by atoms with Crippen molar-refractivity contribution in [2.45, 2.75) is 11.7 Å². The van der Waals surface area contributed by atoms with E-state index in [0.29, 0.717) is 6.42 Å². The predicted octanol–water partition coefficient (Wildman–Crippen LogP) is 0.805. The molecule has 0 aromatic rings. The highest BCUT2D eigenvalue weighted by Crippen LogP contribution is 2.31. The lowest BCUT2D eigenvalue weighted by molar-refractivity contribution is -0.140. The summed E-state index contributed by atoms with van der Waals surface area (Å²) in [6.07, 6.45) is 0.647. The van der Waals surface area contributed by atoms with E-state index in [1.807, 2.05) is 0 Å². The molecule has 1 fully saturated rings. The Balaban J connectivity index is 2.43. The lowest BCUT2D eigenvalue weighted by atomic mass is 10.1. The highest BCUT2D eigenvalue weighted by Gasteiger charge is 2.30. The average Bonchev–Trinajstić information content (AvgIpc) is 2.50. The molecule has 0 spiro atoms. The van der Waals surface area contributed by atoms with Gasteiger partial charge >= 0.3 is 5.97 Å². The molecular weight excluding hydrogens is 162 g/mol. The van der Waals surface area contributed by atoms with Crippen LogP contribution in [0, 0.1) is 17.2 Å². The second-order valence-corrected chi connectivity index (χ2v) is 3.64. The molecule has 1 rings (SSSR count). The van der Waals surface area contributed by atoms with Crippen LogP contribution in [0.5, 0.6) is 0 Å². The minimum Gasteiger partial charge on any atom is -0.468 e. The maximum absolute atomic E-state index is 10.9. The van der Waals surface area contributed by atoms with Gasteiger partial charge in [0, 0.05) is 5.75 Å². The number of methoxy groups -OCH3 is 1. The standard InChI is InChI=1S/C7H9NO2S/c1-10-7(9)6-2-5(3-8)4-11-6/h5-6H,2,4H2,1H3/t5-,6-/m1/s1. The molecule has 4 heteroatoms. The van der Waals surface area contributed by atoms with Gasteiger partial charge in [0.15, 0.2) is 0 Å². The average molecular weight is 171 g/mol. The van der Waals surface area contributed by atoms with Gasteiger partial charge in [-0.1, -0.05) is 0 Å². The minimum atomic E-state index is -0.201. The maximum Gasteiger partial charge on any atom is 0.318 e. The van der Waals surface area contributed by atoms with Crippen molar-refractivity contribution in [3.8, 4) is 6.07 Å². The second kappa shape index (κ2) is 3.63. The van der Waals surface area contributed by atoms with Crippen LogP contribution in [0.4, 0.5) is 0 Å². The number of hydrogen-bond acceptors (Lipinski definition) is 4. The summed E-state index contributed by atoms with van der Waals surface area (Å²) < 4.78 is 4.56. The van der Waals surface area contributed by atoms with Gasteiger partial charge < -0.3 is 4.74 Å². The number of hydrogen-bond donors (Lipinski definition) is 0. The molecule has 0 aliphatic carbocycles. The van der Waals surface area contributed by atoms with E-state index in [1.165, 1.54) is 18.9 Å². The lowest BCUT2D eigenvalue weighted by Crippen LogP contribution is -2.16. The normalized spacial score (nSPS) is 29.5. The Labute approximate surface area is 69.7 Å². The van der Waals surface area contributed by atoms with Crippen LogP contribution < -0.4 is 0 Å². The zero-order valence-electron chi connectivity index (χ0n) is 6.24. The van der Waals surface area contributed by atoms with Gasteiger partial charge in [-0.25, -0.2) is 0 Å². The van der Waals surface area contributed by atoms with E-state index in [9.17, 15) is 4.79 Å². The van der Waals surface area contributed by atoms with Crippen LogP contribution >= 0.6 is 11.8 Å². The quantitative estimate of drug-likeness (QED) is 0.548. The van der Waals surface area contributed by atoms with Crippen molar-refractivity contribution < 1.29 is 9.53 Å². The summed E-state index contributed by atoms with van der Waals surface area (Å²) in [5, 5.41) is 8.42. The number of carbonyl (C=O) groups is 1. The first-order valence-corrected chi connectivity index (χ1v) is 4.42. The zero-order chi connectivity index (χ0) is 8.27. The van der Waals surface area contributed by atoms with Crippen molar-refractivity contribution in [2.75, 3.05) is 12.9 Å². The number of carbonyl (C=O) groups excluding carboxylic acids is 1. The molecule has 0 aromatic carbocycles. The van der Waals surface area contributed by atoms with Crippen LogP contribution in [0.15, 0.2) is 0 Å². The maximum atomic E-state index is 10.9. The van der Waals surface area contributed by atoms with Crippen LogP contribution in [-0.2, 0) is 9.53 Å². The van der Waals surface area contributed by atoms with E-state index in [0.717, 1.165) is 5.75 Å². The molecular formula is C7H9NO2S. The van der Waals surface area contributed by atoms with Crippen molar-refractivity contribution in [3.63, 3.8) is 0 Å². The summed E-state index contributed by atoms with van der Waals surface area (Å²) in [6.45, 7) is 0. The Bertz CT molecular complexity index is 199. The fraction of sp³-hybridized carbons (Fsp3) is 0.714. The fourth-order valence-electron chi connectivity index (χ4n) is 1.01. The smallest absolute Gasteiger partial charge is 0.318 e. The minimum absolute atomic E-state index is 0.0316. The highest BCUT2D eigenvalue weighted by molar-refractivity contribution is 8.00. The molecule has 2 atom stereocenters. The van der Waals surface area contributed by atoms with Gasteiger partial charge in [-0.3, -0.25) is 4.79 Å². The molecule has 0 amide bonds. The van der Waals surface area contributed by atoms with Gasteiger partial charge in [0.05, 0.1) is 19.1 Å². The lowest BCUT2D eigenvalue weighted by Gasteiger charge is -2.03. The van der Waals surface area contributed by atoms with E-state index < -0.39 is 0 Å². The molecule has 1 aliphatic heterocycles. The molecule has 0 aromatic heterocycles. The van der Waals surface area contributed by atoms with E-state index >= 15 is 0 Å². The zero-order valence-corrected chi connectivity index (χ0v) is 7.06. The van der Waals surface area contributed by atoms with Gasteiger partial charge in [-0.15, -0.1) is 11.8 Å². The van der Waals surface area contributed by atoms with Crippen LogP contribution in [-0.4, -0.2) is 24.1 Å². The first-order valence-electron chi connectivity index (χ1n) is 3.37. The van der Waals surface area contributed by atoms with Gasteiger partial charge in [0.1, 0.15) is 5.25 Å². The summed E-state index contributed by atoms with van der Waals surface area (Å²) >= 11 is 1.51. The van der Waals surface area contributed by atoms with E-state index in [4.69, 9.17) is 5.26 Å². The van der Waals surface area contributed by atoms with Crippen molar-refractivity contribution in [1.82, 2.24) is 0 Å². The van der Waals surface area contributed by atoms with Gasteiger partial charge in [0.25, 0.3) is 0 Å². The predicted molar refractivity (Wildman–Crippen MR) is 42.0 cm³/mol. The SMILES string of the molecule is COC(=O)[C@H]1C[C@H](C#N)CS1. The van der Waals surface area contributed by atoms with Crippen molar-refractivity contribution in [2.24, 2.45) is 5.92 Å². The molecule has 0 N–H and O–H groups in total. The topological polar surface area (TPSA) is 50.1 Å². The molecule has 0 radical (unpaired) electrons. The summed E-state index contributed by atoms with van der Waals surface area (Å²) in [4.78, 5) is 10.9. The third-order valence-corrected chi connectivity index (χ3v) is 3.03. The fourth-order valence-corrected chi connectivity index (χ4v) is 2.29. The molecule has 1 saturated heterocycles. The summed E-state index contributed by atoms with van der Waals surface area (Å²) in [6, 6.07) is 2.14. The Hall–Kier alpha value is -0.690. The molecule has 0 saturated carbocycles. The van der Waals surface area contributed by atoms with Crippen LogP contribution in [0.1, 0.15) is 6.42 Å². The van der Waals surface area contributed by atoms with Gasteiger partial charge in [-0.2, -0.15) is 5.26 Å². The van der Waals surface area contributed by atoms with Crippen LogP contribution in [0.3, 0.4) is 0 Å². The summed E-state index contributed by atoms with van der Waals surface area (Å²) in [5.74, 6) is 0.591. The number of nitrogens with zero attached hydrogens (tertiary/aromatic N) is 1. The number of nitriles is 1. The number of ether oxygens (including phenoxy) is 1. The van der Waals surface area contributed by atoms with Gasteiger partial charge in [0.2, 0.25) is 0 Å². The third-order valence-electron chi connectivity index (χ3n) is 1.64. The van der Waals surface area contributed by atoms with Crippen LogP contribution in [0.2, 0.25) is 0 Å². The Morgan fingerprint density at radius 3 is 3.00 bits per heavy atom. The Morgan fingerprint density at radius 2 is 2.55 bits per heavy atom. The third kappa shape index (κ3) is 1.87. The van der Waals surface area contributed by atoms with Crippen molar-refractivity contribution >= 4 is 17.7 Å². The number of thioether (sulfide) groups is 1. The Morgan fingerprint density at radius 1 is 1.82 bits per heavy atom. The molecule has 3 nitrogen and oxygen atoms in total. The molecule has 1 heterocycles. The second-order valence-electron chi connectivity index (χ2n) is 2.41. The molecule has 0 bridgehead atoms. The monoisotopic (exact) mass is 171 g/mol. The molecule has 11 heavy (non-hydrogen) atoms. The summed E-state index contributed by atoms with van der Waals surface area (Å²) in [7, 11) is 1.38. The highest BCUT2D eigenvalue weighted by atomic mass is 32.2. The molecule has 60 valence electrons. The first kappa shape index (κ1) is 8.41. The number of rotatable bonds is 1. The molecule has 1 aliphatic rings. The molecule has 0 unspecified atom stereocenters. The Kier molecular flexibility index (Phi) is 2.77.